The minimum absolute atomic E-state index is 0.151. The lowest BCUT2D eigenvalue weighted by molar-refractivity contribution is 0.0883. The van der Waals surface area contributed by atoms with E-state index in [-0.39, 0.29) is 12.5 Å². The number of carbonyl (C=O) groups excluding carboxylic acids is 2. The number of aliphatic hydroxyl groups is 1. The third-order valence-electron chi connectivity index (χ3n) is 5.67. The molecule has 158 valence electrons. The van der Waals surface area contributed by atoms with Gasteiger partial charge < -0.3 is 14.7 Å². The molecular formula is C23H20ClN3O4. The summed E-state index contributed by atoms with van der Waals surface area (Å²) in [4.78, 5) is 26.1. The molecular weight excluding hydrogens is 418 g/mol. The van der Waals surface area contributed by atoms with E-state index in [1.165, 1.54) is 0 Å². The zero-order valence-corrected chi connectivity index (χ0v) is 17.3. The van der Waals surface area contributed by atoms with Crippen LogP contribution in [0.25, 0.3) is 5.69 Å². The molecule has 1 fully saturated rings. The Morgan fingerprint density at radius 2 is 1.94 bits per heavy atom. The summed E-state index contributed by atoms with van der Waals surface area (Å²) in [5.74, 6) is 0.516. The van der Waals surface area contributed by atoms with Crippen LogP contribution in [0.3, 0.4) is 0 Å². The van der Waals surface area contributed by atoms with E-state index >= 15 is 0 Å². The predicted octanol–water partition coefficient (Wildman–Crippen LogP) is 3.65. The molecule has 3 aromatic rings. The van der Waals surface area contributed by atoms with Gasteiger partial charge in [-0.1, -0.05) is 11.6 Å². The lowest BCUT2D eigenvalue weighted by atomic mass is 10.1. The van der Waals surface area contributed by atoms with Gasteiger partial charge in [0.15, 0.2) is 6.29 Å². The summed E-state index contributed by atoms with van der Waals surface area (Å²) in [6, 6.07) is 12.2. The Balaban J connectivity index is 1.33. The first kappa shape index (κ1) is 19.8. The highest BCUT2D eigenvalue weighted by molar-refractivity contribution is 6.30. The van der Waals surface area contributed by atoms with E-state index < -0.39 is 6.10 Å². The smallest absolute Gasteiger partial charge is 0.262 e. The van der Waals surface area contributed by atoms with Crippen LogP contribution in [0.4, 0.5) is 5.69 Å². The molecule has 2 aliphatic rings. The van der Waals surface area contributed by atoms with E-state index in [0.29, 0.717) is 52.0 Å². The minimum atomic E-state index is -0.521. The summed E-state index contributed by atoms with van der Waals surface area (Å²) in [5.41, 5.74) is 2.94. The zero-order valence-electron chi connectivity index (χ0n) is 16.6. The van der Waals surface area contributed by atoms with E-state index in [2.05, 4.69) is 5.10 Å². The fourth-order valence-electron chi connectivity index (χ4n) is 3.73. The summed E-state index contributed by atoms with van der Waals surface area (Å²) in [7, 11) is 0. The molecule has 1 aromatic heterocycles. The van der Waals surface area contributed by atoms with Crippen molar-refractivity contribution in [2.24, 2.45) is 5.92 Å². The van der Waals surface area contributed by atoms with Crippen LogP contribution in [-0.4, -0.2) is 39.8 Å². The van der Waals surface area contributed by atoms with Crippen molar-refractivity contribution >= 4 is 29.5 Å². The van der Waals surface area contributed by atoms with Gasteiger partial charge in [0.05, 0.1) is 35.2 Å². The molecule has 31 heavy (non-hydrogen) atoms. The summed E-state index contributed by atoms with van der Waals surface area (Å²) in [5, 5.41) is 15.2. The van der Waals surface area contributed by atoms with Gasteiger partial charge in [0, 0.05) is 16.9 Å². The third-order valence-corrected chi connectivity index (χ3v) is 5.93. The molecule has 8 heteroatoms. The number of fused-ring (bicyclic) bond motifs is 1. The minimum Gasteiger partial charge on any atom is -0.490 e. The van der Waals surface area contributed by atoms with Crippen LogP contribution in [-0.2, 0) is 6.54 Å². The van der Waals surface area contributed by atoms with Crippen LogP contribution in [0.1, 0.15) is 39.3 Å². The molecule has 1 atom stereocenters. The largest absolute Gasteiger partial charge is 0.490 e. The van der Waals surface area contributed by atoms with Crippen LogP contribution in [0.15, 0.2) is 48.7 Å². The molecule has 2 aromatic carbocycles. The van der Waals surface area contributed by atoms with Crippen molar-refractivity contribution in [3.8, 4) is 11.4 Å². The van der Waals surface area contributed by atoms with Crippen LogP contribution >= 0.6 is 11.6 Å². The van der Waals surface area contributed by atoms with Crippen molar-refractivity contribution < 1.29 is 19.4 Å². The summed E-state index contributed by atoms with van der Waals surface area (Å²) in [6.45, 7) is 0.464. The van der Waals surface area contributed by atoms with Gasteiger partial charge in [-0.05, 0) is 61.2 Å². The highest BCUT2D eigenvalue weighted by Gasteiger charge is 2.33. The molecule has 2 heterocycles. The molecule has 0 saturated heterocycles. The number of benzene rings is 2. The normalized spacial score (nSPS) is 16.3. The van der Waals surface area contributed by atoms with Gasteiger partial charge >= 0.3 is 0 Å². The van der Waals surface area contributed by atoms with Crippen LogP contribution < -0.4 is 9.64 Å². The molecule has 0 unspecified atom stereocenters. The average Bonchev–Trinajstić information content (AvgIpc) is 3.48. The van der Waals surface area contributed by atoms with E-state index in [1.54, 1.807) is 46.1 Å². The number of carbonyl (C=O) groups is 2. The number of aldehydes is 1. The topological polar surface area (TPSA) is 84.7 Å². The lowest BCUT2D eigenvalue weighted by Crippen LogP contribution is -2.24. The molecule has 0 radical (unpaired) electrons. The van der Waals surface area contributed by atoms with Crippen molar-refractivity contribution in [2.75, 3.05) is 11.5 Å². The zero-order chi connectivity index (χ0) is 21.5. The summed E-state index contributed by atoms with van der Waals surface area (Å²) < 4.78 is 7.31. The van der Waals surface area contributed by atoms with E-state index in [0.717, 1.165) is 18.5 Å². The highest BCUT2D eigenvalue weighted by Crippen LogP contribution is 2.34. The molecule has 1 N–H and O–H groups in total. The fourth-order valence-corrected chi connectivity index (χ4v) is 3.85. The maximum absolute atomic E-state index is 13.0. The van der Waals surface area contributed by atoms with Gasteiger partial charge in [-0.2, -0.15) is 5.10 Å². The van der Waals surface area contributed by atoms with Crippen molar-refractivity contribution in [3.05, 3.63) is 70.5 Å². The first-order valence-corrected chi connectivity index (χ1v) is 10.5. The number of hydrogen-bond donors (Lipinski definition) is 1. The van der Waals surface area contributed by atoms with Crippen LogP contribution in [0.2, 0.25) is 5.02 Å². The van der Waals surface area contributed by atoms with Crippen molar-refractivity contribution in [3.63, 3.8) is 0 Å². The number of halogens is 1. The number of anilines is 1. The van der Waals surface area contributed by atoms with Crippen LogP contribution in [0.5, 0.6) is 5.75 Å². The predicted molar refractivity (Wildman–Crippen MR) is 115 cm³/mol. The number of rotatable bonds is 7. The quantitative estimate of drug-likeness (QED) is 0.570. The maximum Gasteiger partial charge on any atom is 0.262 e. The number of amides is 1. The Kier molecular flexibility index (Phi) is 5.00. The SMILES string of the molecule is O=Cc1cc(N2Cc3nn(-c4ccc(Cl)cc4)cc3C2=O)ccc1OC[C@H](O)C1CC1. The van der Waals surface area contributed by atoms with Gasteiger partial charge in [-0.25, -0.2) is 4.68 Å². The number of ether oxygens (including phenoxy) is 1. The molecule has 0 spiro atoms. The molecule has 1 aliphatic carbocycles. The third kappa shape index (κ3) is 3.82. The Morgan fingerprint density at radius 1 is 1.19 bits per heavy atom. The van der Waals surface area contributed by atoms with Crippen molar-refractivity contribution in [1.29, 1.82) is 0 Å². The Morgan fingerprint density at radius 3 is 2.61 bits per heavy atom. The number of aliphatic hydroxyl groups excluding tert-OH is 1. The maximum atomic E-state index is 13.0. The van der Waals surface area contributed by atoms with Gasteiger partial charge in [-0.15, -0.1) is 0 Å². The second kappa shape index (κ2) is 7.83. The monoisotopic (exact) mass is 437 g/mol. The average molecular weight is 438 g/mol. The second-order valence-electron chi connectivity index (χ2n) is 7.86. The Bertz CT molecular complexity index is 1150. The van der Waals surface area contributed by atoms with Gasteiger partial charge in [-0.3, -0.25) is 9.59 Å². The van der Waals surface area contributed by atoms with E-state index in [9.17, 15) is 14.7 Å². The molecule has 1 amide bonds. The second-order valence-corrected chi connectivity index (χ2v) is 8.29. The standard InChI is InChI=1S/C23H20ClN3O4/c24-16-3-5-17(6-4-16)27-10-19-20(25-27)11-26(23(19)30)18-7-8-22(15(9-18)12-28)31-13-21(29)14-1-2-14/h3-10,12,14,21,29H,1-2,11,13H2/t21-/m0/s1. The Hall–Kier alpha value is -3.16. The van der Waals surface area contributed by atoms with Crippen molar-refractivity contribution in [2.45, 2.75) is 25.5 Å². The lowest BCUT2D eigenvalue weighted by Gasteiger charge is -2.18. The fraction of sp³-hybridized carbons (Fsp3) is 0.261. The highest BCUT2D eigenvalue weighted by atomic mass is 35.5. The molecule has 1 aliphatic heterocycles. The number of aromatic nitrogens is 2. The van der Waals surface area contributed by atoms with Crippen LogP contribution in [0, 0.1) is 5.92 Å². The Labute approximate surface area is 183 Å². The van der Waals surface area contributed by atoms with Gasteiger partial charge in [0.25, 0.3) is 5.91 Å². The first-order chi connectivity index (χ1) is 15.0. The molecule has 0 bridgehead atoms. The molecule has 7 nitrogen and oxygen atoms in total. The summed E-state index contributed by atoms with van der Waals surface area (Å²) in [6.07, 6.45) is 3.90. The number of hydrogen-bond acceptors (Lipinski definition) is 5. The molecule has 5 rings (SSSR count). The first-order valence-electron chi connectivity index (χ1n) is 10.1. The van der Waals surface area contributed by atoms with Gasteiger partial charge in [0.2, 0.25) is 0 Å². The number of nitrogens with zero attached hydrogens (tertiary/aromatic N) is 3. The van der Waals surface area contributed by atoms with E-state index in [4.69, 9.17) is 16.3 Å². The van der Waals surface area contributed by atoms with E-state index in [1.807, 2.05) is 12.1 Å². The molecule has 1 saturated carbocycles. The van der Waals surface area contributed by atoms with Crippen molar-refractivity contribution in [1.82, 2.24) is 9.78 Å². The van der Waals surface area contributed by atoms with Gasteiger partial charge in [0.1, 0.15) is 12.4 Å². The summed E-state index contributed by atoms with van der Waals surface area (Å²) >= 11 is 5.94.